The molecule has 0 N–H and O–H groups in total. The lowest BCUT2D eigenvalue weighted by molar-refractivity contribution is 0.0638. The van der Waals surface area contributed by atoms with Gasteiger partial charge in [0, 0.05) is 13.1 Å². The van der Waals surface area contributed by atoms with Gasteiger partial charge < -0.3 is 9.64 Å². The molecule has 0 aromatic heterocycles. The lowest BCUT2D eigenvalue weighted by atomic mass is 10.1. The van der Waals surface area contributed by atoms with Crippen molar-refractivity contribution in [3.63, 3.8) is 0 Å². The molecule has 6 heteroatoms. The van der Waals surface area contributed by atoms with E-state index in [-0.39, 0.29) is 0 Å². The first kappa shape index (κ1) is 15.4. The van der Waals surface area contributed by atoms with Gasteiger partial charge in [0.05, 0.1) is 23.8 Å². The predicted molar refractivity (Wildman–Crippen MR) is 81.1 cm³/mol. The van der Waals surface area contributed by atoms with Crippen LogP contribution in [0.3, 0.4) is 0 Å². The zero-order valence-corrected chi connectivity index (χ0v) is 13.0. The van der Waals surface area contributed by atoms with Crippen LogP contribution >= 0.6 is 11.6 Å². The molecular weight excluding hydrogens is 298 g/mol. The highest BCUT2D eigenvalue weighted by Crippen LogP contribution is 2.27. The number of allylic oxidation sites excluding steroid dienone is 1. The maximum Gasteiger partial charge on any atom is 0.190 e. The Hall–Kier alpha value is -1.04. The topological polar surface area (TPSA) is 46.6 Å². The SMILES string of the molecule is C/C(=C(/c1ccccc1)N1CCOCC1)S(=O)(=O)CCl. The lowest BCUT2D eigenvalue weighted by Gasteiger charge is -2.32. The Labute approximate surface area is 124 Å². The van der Waals surface area contributed by atoms with Gasteiger partial charge in [-0.1, -0.05) is 30.3 Å². The Morgan fingerprint density at radius 3 is 2.40 bits per heavy atom. The summed E-state index contributed by atoms with van der Waals surface area (Å²) in [6.07, 6.45) is 0. The number of morpholine rings is 1. The van der Waals surface area contributed by atoms with Crippen molar-refractivity contribution in [3.05, 3.63) is 40.8 Å². The van der Waals surface area contributed by atoms with Crippen molar-refractivity contribution in [1.82, 2.24) is 4.90 Å². The molecule has 1 saturated heterocycles. The average molecular weight is 316 g/mol. The summed E-state index contributed by atoms with van der Waals surface area (Å²) in [4.78, 5) is 2.37. The van der Waals surface area contributed by atoms with Gasteiger partial charge in [0.15, 0.2) is 9.84 Å². The van der Waals surface area contributed by atoms with E-state index in [0.29, 0.717) is 31.2 Å². The van der Waals surface area contributed by atoms with Crippen LogP contribution in [0.2, 0.25) is 0 Å². The molecule has 1 aromatic rings. The Bertz CT molecular complexity index is 578. The molecular formula is C14H18ClNO3S. The number of alkyl halides is 1. The molecule has 0 unspecified atom stereocenters. The first-order valence-electron chi connectivity index (χ1n) is 6.44. The van der Waals surface area contributed by atoms with Crippen LogP contribution in [0.5, 0.6) is 0 Å². The summed E-state index contributed by atoms with van der Waals surface area (Å²) in [6, 6.07) is 9.54. The van der Waals surface area contributed by atoms with Crippen LogP contribution in [0, 0.1) is 0 Å². The van der Waals surface area contributed by atoms with E-state index in [4.69, 9.17) is 16.3 Å². The molecule has 1 heterocycles. The molecule has 0 radical (unpaired) electrons. The van der Waals surface area contributed by atoms with E-state index in [0.717, 1.165) is 11.3 Å². The van der Waals surface area contributed by atoms with Gasteiger partial charge in [0.25, 0.3) is 0 Å². The summed E-state index contributed by atoms with van der Waals surface area (Å²) in [6.45, 7) is 4.18. The molecule has 20 heavy (non-hydrogen) atoms. The van der Waals surface area contributed by atoms with Gasteiger partial charge in [0.2, 0.25) is 0 Å². The van der Waals surface area contributed by atoms with Crippen molar-refractivity contribution in [2.24, 2.45) is 0 Å². The third-order valence-corrected chi connectivity index (χ3v) is 5.59. The minimum atomic E-state index is -3.43. The number of halogens is 1. The van der Waals surface area contributed by atoms with Gasteiger partial charge in [-0.15, -0.1) is 11.6 Å². The van der Waals surface area contributed by atoms with E-state index >= 15 is 0 Å². The number of sulfone groups is 1. The Morgan fingerprint density at radius 2 is 1.85 bits per heavy atom. The Balaban J connectivity index is 2.52. The quantitative estimate of drug-likeness (QED) is 0.800. The van der Waals surface area contributed by atoms with Crippen LogP contribution < -0.4 is 0 Å². The number of benzene rings is 1. The molecule has 0 atom stereocenters. The molecule has 1 aliphatic heterocycles. The van der Waals surface area contributed by atoms with Crippen LogP contribution in [0.25, 0.3) is 5.70 Å². The number of nitrogens with zero attached hydrogens (tertiary/aromatic N) is 1. The Morgan fingerprint density at radius 1 is 1.25 bits per heavy atom. The summed E-state index contributed by atoms with van der Waals surface area (Å²) in [5, 5.41) is -0.403. The molecule has 0 aliphatic carbocycles. The molecule has 110 valence electrons. The summed E-state index contributed by atoms with van der Waals surface area (Å²) >= 11 is 5.59. The van der Waals surface area contributed by atoms with E-state index < -0.39 is 15.0 Å². The van der Waals surface area contributed by atoms with Crippen molar-refractivity contribution >= 4 is 27.1 Å². The summed E-state index contributed by atoms with van der Waals surface area (Å²) in [7, 11) is -3.43. The lowest BCUT2D eigenvalue weighted by Crippen LogP contribution is -2.36. The number of hydrogen-bond donors (Lipinski definition) is 0. The molecule has 0 bridgehead atoms. The maximum absolute atomic E-state index is 12.1. The van der Waals surface area contributed by atoms with E-state index in [1.54, 1.807) is 6.92 Å². The fourth-order valence-corrected chi connectivity index (χ4v) is 3.42. The van der Waals surface area contributed by atoms with Crippen LogP contribution in [0.4, 0.5) is 0 Å². The molecule has 0 spiro atoms. The standard InChI is InChI=1S/C14H18ClNO3S/c1-12(20(17,18)11-15)14(13-5-3-2-4-6-13)16-7-9-19-10-8-16/h2-6H,7-11H2,1H3/b14-12+. The van der Waals surface area contributed by atoms with E-state index in [1.165, 1.54) is 0 Å². The fraction of sp³-hybridized carbons (Fsp3) is 0.429. The molecule has 0 amide bonds. The van der Waals surface area contributed by atoms with Crippen molar-refractivity contribution in [3.8, 4) is 0 Å². The highest BCUT2D eigenvalue weighted by atomic mass is 35.5. The average Bonchev–Trinajstić information content (AvgIpc) is 2.49. The number of ether oxygens (including phenoxy) is 1. The molecule has 0 saturated carbocycles. The smallest absolute Gasteiger partial charge is 0.190 e. The van der Waals surface area contributed by atoms with E-state index in [9.17, 15) is 8.42 Å². The van der Waals surface area contributed by atoms with Crippen molar-refractivity contribution in [2.45, 2.75) is 6.92 Å². The van der Waals surface area contributed by atoms with E-state index in [1.807, 2.05) is 30.3 Å². The highest BCUT2D eigenvalue weighted by Gasteiger charge is 2.23. The number of hydrogen-bond acceptors (Lipinski definition) is 4. The minimum Gasteiger partial charge on any atom is -0.378 e. The third-order valence-electron chi connectivity index (χ3n) is 3.32. The minimum absolute atomic E-state index is 0.320. The van der Waals surface area contributed by atoms with Crippen LogP contribution in [-0.4, -0.2) is 44.8 Å². The first-order valence-corrected chi connectivity index (χ1v) is 8.62. The van der Waals surface area contributed by atoms with Crippen LogP contribution in [-0.2, 0) is 14.6 Å². The molecule has 1 aromatic carbocycles. The first-order chi connectivity index (χ1) is 9.56. The highest BCUT2D eigenvalue weighted by molar-refractivity contribution is 7.96. The van der Waals surface area contributed by atoms with E-state index in [2.05, 4.69) is 4.90 Å². The van der Waals surface area contributed by atoms with Gasteiger partial charge in [0.1, 0.15) is 5.21 Å². The maximum atomic E-state index is 12.1. The normalized spacial score (nSPS) is 17.8. The summed E-state index contributed by atoms with van der Waals surface area (Å²) in [5.74, 6) is 0. The monoisotopic (exact) mass is 315 g/mol. The van der Waals surface area contributed by atoms with Crippen LogP contribution in [0.15, 0.2) is 35.2 Å². The molecule has 2 rings (SSSR count). The molecule has 1 fully saturated rings. The van der Waals surface area contributed by atoms with Crippen molar-refractivity contribution in [1.29, 1.82) is 0 Å². The van der Waals surface area contributed by atoms with Gasteiger partial charge >= 0.3 is 0 Å². The van der Waals surface area contributed by atoms with Crippen LogP contribution in [0.1, 0.15) is 12.5 Å². The second kappa shape index (κ2) is 6.61. The van der Waals surface area contributed by atoms with Gasteiger partial charge in [-0.25, -0.2) is 8.42 Å². The predicted octanol–water partition coefficient (Wildman–Crippen LogP) is 2.32. The third kappa shape index (κ3) is 3.34. The Kier molecular flexibility index (Phi) is 5.07. The molecule has 1 aliphatic rings. The zero-order valence-electron chi connectivity index (χ0n) is 11.4. The zero-order chi connectivity index (χ0) is 14.6. The number of rotatable bonds is 4. The second-order valence-electron chi connectivity index (χ2n) is 4.59. The largest absolute Gasteiger partial charge is 0.378 e. The van der Waals surface area contributed by atoms with Gasteiger partial charge in [-0.3, -0.25) is 0 Å². The van der Waals surface area contributed by atoms with Crippen molar-refractivity contribution in [2.75, 3.05) is 31.5 Å². The summed E-state index contributed by atoms with van der Waals surface area (Å²) in [5.41, 5.74) is 1.62. The fourth-order valence-electron chi connectivity index (χ4n) is 2.22. The second-order valence-corrected chi connectivity index (χ2v) is 7.31. The van der Waals surface area contributed by atoms with Crippen molar-refractivity contribution < 1.29 is 13.2 Å². The van der Waals surface area contributed by atoms with Gasteiger partial charge in [-0.2, -0.15) is 0 Å². The van der Waals surface area contributed by atoms with Gasteiger partial charge in [-0.05, 0) is 12.5 Å². The summed E-state index contributed by atoms with van der Waals surface area (Å²) < 4.78 is 29.6. The molecule has 4 nitrogen and oxygen atoms in total.